The number of benzene rings is 1. The van der Waals surface area contributed by atoms with Crippen LogP contribution >= 0.6 is 0 Å². The Morgan fingerprint density at radius 3 is 2.29 bits per heavy atom. The van der Waals surface area contributed by atoms with E-state index < -0.39 is 11.7 Å². The number of carbonyl (C=O) groups excluding carboxylic acids is 2. The zero-order valence-corrected chi connectivity index (χ0v) is 22.8. The molecule has 1 aromatic carbocycles. The number of nitrogens with zero attached hydrogens (tertiary/aromatic N) is 1. The topological polar surface area (TPSA) is 58.6 Å². The van der Waals surface area contributed by atoms with Gasteiger partial charge in [-0.25, -0.2) is 4.79 Å². The Kier molecular flexibility index (Phi) is 16.5. The zero-order chi connectivity index (χ0) is 26.0. The highest BCUT2D eigenvalue weighted by molar-refractivity contribution is 5.82. The van der Waals surface area contributed by atoms with Gasteiger partial charge in [-0.1, -0.05) is 68.0 Å². The van der Waals surface area contributed by atoms with Crippen LogP contribution in [0.1, 0.15) is 86.1 Å². The fraction of sp³-hybridized carbons (Fsp3) is 0.586. The van der Waals surface area contributed by atoms with Gasteiger partial charge < -0.3 is 15.0 Å². The van der Waals surface area contributed by atoms with Crippen molar-refractivity contribution >= 4 is 12.0 Å². The Bertz CT molecular complexity index is 748. The monoisotopic (exact) mass is 472 g/mol. The molecule has 0 spiro atoms. The van der Waals surface area contributed by atoms with E-state index in [-0.39, 0.29) is 18.5 Å². The van der Waals surface area contributed by atoms with Crippen LogP contribution in [0.3, 0.4) is 0 Å². The number of amides is 2. The quantitative estimate of drug-likeness (QED) is 0.331. The van der Waals surface area contributed by atoms with Crippen molar-refractivity contribution in [3.63, 3.8) is 0 Å². The van der Waals surface area contributed by atoms with Crippen molar-refractivity contribution in [3.05, 3.63) is 59.7 Å². The van der Waals surface area contributed by atoms with Gasteiger partial charge in [0, 0.05) is 13.1 Å². The first kappa shape index (κ1) is 31.4. The van der Waals surface area contributed by atoms with Gasteiger partial charge in [-0.3, -0.25) is 4.79 Å². The van der Waals surface area contributed by atoms with Crippen LogP contribution in [0.15, 0.2) is 54.1 Å². The number of nitrogens with one attached hydrogen (secondary N) is 1. The summed E-state index contributed by atoms with van der Waals surface area (Å²) in [5, 5.41) is 3.15. The predicted molar refractivity (Wildman–Crippen MR) is 144 cm³/mol. The van der Waals surface area contributed by atoms with Crippen LogP contribution < -0.4 is 5.32 Å². The Morgan fingerprint density at radius 1 is 1.09 bits per heavy atom. The second kappa shape index (κ2) is 17.9. The summed E-state index contributed by atoms with van der Waals surface area (Å²) in [6.45, 7) is 13.6. The first-order chi connectivity index (χ1) is 16.1. The van der Waals surface area contributed by atoms with Crippen LogP contribution in [0.2, 0.25) is 0 Å². The van der Waals surface area contributed by atoms with Crippen LogP contribution in [-0.4, -0.2) is 42.1 Å². The van der Waals surface area contributed by atoms with Crippen molar-refractivity contribution in [2.45, 2.75) is 98.6 Å². The van der Waals surface area contributed by atoms with Crippen molar-refractivity contribution in [1.29, 1.82) is 0 Å². The predicted octanol–water partition coefficient (Wildman–Crippen LogP) is 7.08. The lowest BCUT2D eigenvalue weighted by Gasteiger charge is -2.25. The highest BCUT2D eigenvalue weighted by Gasteiger charge is 2.22. The third-order valence-corrected chi connectivity index (χ3v) is 5.01. The smallest absolute Gasteiger partial charge is 0.410 e. The molecule has 1 rings (SSSR count). The van der Waals surface area contributed by atoms with Crippen molar-refractivity contribution in [3.8, 4) is 0 Å². The molecule has 34 heavy (non-hydrogen) atoms. The number of allylic oxidation sites excluding steroid dienone is 4. The first-order valence-corrected chi connectivity index (χ1v) is 12.7. The molecule has 0 aliphatic heterocycles. The van der Waals surface area contributed by atoms with Crippen molar-refractivity contribution in [2.24, 2.45) is 0 Å². The molecule has 0 heterocycles. The standard InChI is InChI=1S/C27H42N2O3.C2H6/c1-7-8-14-22(2)15-12-19-24(20-13-18-23-16-10-9-11-17-23)28-25(30)21-29(6)26(31)32-27(3,4)5;1-2/h7-11,14,16-17,24H,12-13,15,18-21H2,1-6H3,(H,28,30);1-2H3/b8-7-,22-14+;. The molecule has 1 atom stereocenters. The average molecular weight is 473 g/mol. The van der Waals surface area contributed by atoms with E-state index in [0.717, 1.165) is 38.5 Å². The summed E-state index contributed by atoms with van der Waals surface area (Å²) in [5.41, 5.74) is 2.06. The molecule has 0 aromatic heterocycles. The normalized spacial score (nSPS) is 12.5. The maximum atomic E-state index is 12.6. The Balaban J connectivity index is 0.00000529. The minimum absolute atomic E-state index is 0.00960. The molecule has 1 aromatic rings. The maximum Gasteiger partial charge on any atom is 0.410 e. The molecule has 0 aliphatic rings. The van der Waals surface area contributed by atoms with Crippen molar-refractivity contribution in [1.82, 2.24) is 10.2 Å². The lowest BCUT2D eigenvalue weighted by atomic mass is 9.99. The third kappa shape index (κ3) is 16.1. The van der Waals surface area contributed by atoms with E-state index in [4.69, 9.17) is 4.74 Å². The highest BCUT2D eigenvalue weighted by atomic mass is 16.6. The summed E-state index contributed by atoms with van der Waals surface area (Å²) in [6, 6.07) is 10.5. The van der Waals surface area contributed by atoms with Gasteiger partial charge in [-0.05, 0) is 78.7 Å². The third-order valence-electron chi connectivity index (χ3n) is 5.01. The van der Waals surface area contributed by atoms with Crippen molar-refractivity contribution in [2.75, 3.05) is 13.6 Å². The molecular weight excluding hydrogens is 424 g/mol. The molecule has 1 N–H and O–H groups in total. The minimum atomic E-state index is -0.583. The first-order valence-electron chi connectivity index (χ1n) is 12.7. The van der Waals surface area contributed by atoms with Gasteiger partial charge >= 0.3 is 6.09 Å². The molecular formula is C29H48N2O3. The Hall–Kier alpha value is -2.56. The largest absolute Gasteiger partial charge is 0.444 e. The summed E-state index contributed by atoms with van der Waals surface area (Å²) < 4.78 is 5.34. The number of hydrogen-bond donors (Lipinski definition) is 1. The summed E-state index contributed by atoms with van der Waals surface area (Å²) >= 11 is 0. The average Bonchev–Trinajstić information content (AvgIpc) is 2.78. The van der Waals surface area contributed by atoms with Gasteiger partial charge in [0.05, 0.1) is 0 Å². The number of aryl methyl sites for hydroxylation is 1. The van der Waals surface area contributed by atoms with E-state index in [1.807, 2.05) is 53.7 Å². The molecule has 5 heteroatoms. The summed E-state index contributed by atoms with van der Waals surface area (Å²) in [6.07, 6.45) is 11.6. The molecule has 0 radical (unpaired) electrons. The number of hydrogen-bond acceptors (Lipinski definition) is 3. The molecule has 192 valence electrons. The molecule has 2 amide bonds. The lowest BCUT2D eigenvalue weighted by molar-refractivity contribution is -0.122. The summed E-state index contributed by atoms with van der Waals surface area (Å²) in [5.74, 6) is -0.149. The van der Waals surface area contributed by atoms with E-state index in [0.29, 0.717) is 0 Å². The Labute approximate surface area is 208 Å². The van der Waals surface area contributed by atoms with Crippen LogP contribution in [-0.2, 0) is 16.0 Å². The Morgan fingerprint density at radius 2 is 1.71 bits per heavy atom. The van der Waals surface area contributed by atoms with E-state index in [1.54, 1.807) is 7.05 Å². The molecule has 1 unspecified atom stereocenters. The molecule has 0 fully saturated rings. The molecule has 0 saturated carbocycles. The van der Waals surface area contributed by atoms with Crippen LogP contribution in [0.5, 0.6) is 0 Å². The van der Waals surface area contributed by atoms with Crippen LogP contribution in [0, 0.1) is 0 Å². The molecule has 5 nitrogen and oxygen atoms in total. The molecule has 0 aliphatic carbocycles. The van der Waals surface area contributed by atoms with E-state index in [9.17, 15) is 9.59 Å². The van der Waals surface area contributed by atoms with Gasteiger partial charge in [-0.2, -0.15) is 0 Å². The second-order valence-corrected chi connectivity index (χ2v) is 9.41. The van der Waals surface area contributed by atoms with Crippen LogP contribution in [0.25, 0.3) is 0 Å². The zero-order valence-electron chi connectivity index (χ0n) is 22.8. The van der Waals surface area contributed by atoms with Gasteiger partial charge in [0.1, 0.15) is 12.1 Å². The van der Waals surface area contributed by atoms with Gasteiger partial charge in [0.15, 0.2) is 0 Å². The summed E-state index contributed by atoms with van der Waals surface area (Å²) in [7, 11) is 1.59. The van der Waals surface area contributed by atoms with E-state index in [1.165, 1.54) is 16.0 Å². The van der Waals surface area contributed by atoms with Crippen LogP contribution in [0.4, 0.5) is 4.79 Å². The highest BCUT2D eigenvalue weighted by Crippen LogP contribution is 2.14. The summed E-state index contributed by atoms with van der Waals surface area (Å²) in [4.78, 5) is 26.1. The fourth-order valence-corrected chi connectivity index (χ4v) is 3.35. The number of rotatable bonds is 12. The second-order valence-electron chi connectivity index (χ2n) is 9.41. The number of carbonyl (C=O) groups is 2. The number of likely N-dealkylation sites (N-methyl/N-ethyl adjacent to an activating group) is 1. The lowest BCUT2D eigenvalue weighted by Crippen LogP contribution is -2.44. The minimum Gasteiger partial charge on any atom is -0.444 e. The molecule has 0 saturated heterocycles. The SMILES string of the molecule is C/C=C\C=C(/C)CCCC(CCCc1ccccc1)NC(=O)CN(C)C(=O)OC(C)(C)C.CC. The molecule has 0 bridgehead atoms. The van der Waals surface area contributed by atoms with Gasteiger partial charge in [-0.15, -0.1) is 0 Å². The number of ether oxygens (including phenoxy) is 1. The van der Waals surface area contributed by atoms with E-state index in [2.05, 4.69) is 48.7 Å². The van der Waals surface area contributed by atoms with Crippen molar-refractivity contribution < 1.29 is 14.3 Å². The van der Waals surface area contributed by atoms with Gasteiger partial charge in [0.2, 0.25) is 5.91 Å². The van der Waals surface area contributed by atoms with Gasteiger partial charge in [0.25, 0.3) is 0 Å². The van der Waals surface area contributed by atoms with E-state index >= 15 is 0 Å². The fourth-order valence-electron chi connectivity index (χ4n) is 3.35. The maximum absolute atomic E-state index is 12.6.